The quantitative estimate of drug-likeness (QED) is 0.585. The zero-order valence-corrected chi connectivity index (χ0v) is 18.0. The summed E-state index contributed by atoms with van der Waals surface area (Å²) in [6.07, 6.45) is 0.268. The molecule has 5 heteroatoms. The van der Waals surface area contributed by atoms with E-state index in [2.05, 4.69) is 4.90 Å². The number of hydrogen-bond donors (Lipinski definition) is 0. The fourth-order valence-corrected chi connectivity index (χ4v) is 4.26. The van der Waals surface area contributed by atoms with E-state index in [9.17, 15) is 15.3 Å². The van der Waals surface area contributed by atoms with E-state index >= 15 is 0 Å². The van der Waals surface area contributed by atoms with Crippen LogP contribution in [0.15, 0.2) is 83.9 Å². The van der Waals surface area contributed by atoms with Crippen LogP contribution in [0.25, 0.3) is 5.57 Å². The van der Waals surface area contributed by atoms with Gasteiger partial charge in [0.1, 0.15) is 23.4 Å². The van der Waals surface area contributed by atoms with Crippen molar-refractivity contribution in [1.29, 1.82) is 10.5 Å². The third-order valence-corrected chi connectivity index (χ3v) is 5.70. The lowest BCUT2D eigenvalue weighted by Gasteiger charge is -2.39. The number of carbonyl (C=O) groups excluding carboxylic acids is 1. The van der Waals surface area contributed by atoms with Gasteiger partial charge in [0, 0.05) is 17.2 Å². The highest BCUT2D eigenvalue weighted by atomic mass is 16.1. The smallest absolute Gasteiger partial charge is 0.165 e. The molecule has 1 aliphatic rings. The molecule has 0 radical (unpaired) electrons. The molecule has 3 aromatic carbocycles. The van der Waals surface area contributed by atoms with Crippen molar-refractivity contribution >= 4 is 17.0 Å². The monoisotopic (exact) mass is 418 g/mol. The Morgan fingerprint density at radius 3 is 2.22 bits per heavy atom. The number of hydrogen-bond acceptors (Lipinski definition) is 5. The van der Waals surface area contributed by atoms with Crippen LogP contribution in [0.1, 0.15) is 42.2 Å². The van der Waals surface area contributed by atoms with Gasteiger partial charge in [0.25, 0.3) is 0 Å². The standard InChI is InChI=1S/C27H22N4O/c1-27(2)30-23-14-13-21(22(17-28)18-29)15-25(23)31(27)24(19-9-5-3-6-10-19)16-26(32)20-11-7-4-8-12-20/h3-15,24H,16H2,1-2H3. The molecule has 0 saturated heterocycles. The Morgan fingerprint density at radius 1 is 0.969 bits per heavy atom. The molecule has 4 rings (SSSR count). The summed E-state index contributed by atoms with van der Waals surface area (Å²) in [5.41, 5.74) is 1.92. The normalized spacial score (nSPS) is 14.4. The van der Waals surface area contributed by atoms with Gasteiger partial charge in [-0.15, -0.1) is 0 Å². The molecule has 1 heterocycles. The summed E-state index contributed by atoms with van der Waals surface area (Å²) < 4.78 is 0. The van der Waals surface area contributed by atoms with Crippen molar-refractivity contribution in [3.8, 4) is 12.1 Å². The number of ketones is 1. The first-order valence-electron chi connectivity index (χ1n) is 10.4. The van der Waals surface area contributed by atoms with Gasteiger partial charge in [0.05, 0.1) is 17.1 Å². The number of fused-ring (bicyclic) bond motifs is 1. The molecule has 1 aliphatic heterocycles. The summed E-state index contributed by atoms with van der Waals surface area (Å²) in [5.74, 6) is 0.0427. The molecule has 0 fully saturated rings. The van der Waals surface area contributed by atoms with Crippen LogP contribution >= 0.6 is 0 Å². The van der Waals surface area contributed by atoms with Crippen molar-refractivity contribution in [2.24, 2.45) is 4.99 Å². The molecule has 0 aromatic heterocycles. The molecule has 0 N–H and O–H groups in total. The molecular formula is C27H22N4O. The number of Topliss-reactive ketones (excluding diaryl/α,β-unsaturated/α-hetero) is 1. The molecule has 1 atom stereocenters. The predicted octanol–water partition coefficient (Wildman–Crippen LogP) is 4.07. The molecule has 1 unspecified atom stereocenters. The zero-order valence-electron chi connectivity index (χ0n) is 18.0. The van der Waals surface area contributed by atoms with Gasteiger partial charge in [-0.25, -0.2) is 0 Å². The summed E-state index contributed by atoms with van der Waals surface area (Å²) in [6, 6.07) is 28.3. The number of nitriles is 2. The fraction of sp³-hybridized carbons (Fsp3) is 0.185. The second kappa shape index (κ2) is 8.49. The minimum Gasteiger partial charge on any atom is -0.338 e. The van der Waals surface area contributed by atoms with Crippen LogP contribution in [0, 0.1) is 22.7 Å². The Morgan fingerprint density at radius 2 is 1.59 bits per heavy atom. The summed E-state index contributed by atoms with van der Waals surface area (Å²) in [7, 11) is 0. The minimum absolute atomic E-state index is 0.0427. The van der Waals surface area contributed by atoms with E-state index in [1.54, 1.807) is 6.07 Å². The SMILES string of the molecule is CC1(C)N=c2ccc(=C(C#N)C#N)cc2N1C(CC(=O)c1ccccc1)c1ccccc1. The van der Waals surface area contributed by atoms with E-state index in [0.717, 1.165) is 16.6 Å². The van der Waals surface area contributed by atoms with Gasteiger partial charge in [-0.1, -0.05) is 66.7 Å². The van der Waals surface area contributed by atoms with E-state index in [-0.39, 0.29) is 23.8 Å². The van der Waals surface area contributed by atoms with Gasteiger partial charge < -0.3 is 4.90 Å². The summed E-state index contributed by atoms with van der Waals surface area (Å²) in [6.45, 7) is 4.02. The third kappa shape index (κ3) is 3.89. The molecular weight excluding hydrogens is 396 g/mol. The van der Waals surface area contributed by atoms with Crippen LogP contribution in [0.5, 0.6) is 0 Å². The summed E-state index contributed by atoms with van der Waals surface area (Å²) in [4.78, 5) is 20.2. The van der Waals surface area contributed by atoms with E-state index < -0.39 is 5.66 Å². The summed E-state index contributed by atoms with van der Waals surface area (Å²) in [5, 5.41) is 20.0. The Labute approximate surface area is 187 Å². The van der Waals surface area contributed by atoms with Crippen LogP contribution in [-0.2, 0) is 0 Å². The minimum atomic E-state index is -0.613. The predicted molar refractivity (Wildman–Crippen MR) is 123 cm³/mol. The average Bonchev–Trinajstić information content (AvgIpc) is 3.08. The van der Waals surface area contributed by atoms with E-state index in [0.29, 0.717) is 10.8 Å². The second-order valence-electron chi connectivity index (χ2n) is 8.20. The first kappa shape index (κ1) is 21.0. The maximum absolute atomic E-state index is 13.2. The van der Waals surface area contributed by atoms with Crippen LogP contribution in [0.4, 0.5) is 5.69 Å². The molecule has 0 amide bonds. The Balaban J connectivity index is 1.86. The van der Waals surface area contributed by atoms with Crippen LogP contribution in [0.2, 0.25) is 0 Å². The molecule has 156 valence electrons. The Kier molecular flexibility index (Phi) is 5.58. The van der Waals surface area contributed by atoms with Crippen molar-refractivity contribution in [3.05, 3.63) is 101 Å². The van der Waals surface area contributed by atoms with Gasteiger partial charge in [-0.05, 0) is 31.5 Å². The van der Waals surface area contributed by atoms with Gasteiger partial charge in [0.2, 0.25) is 0 Å². The highest BCUT2D eigenvalue weighted by Gasteiger charge is 2.39. The molecule has 0 bridgehead atoms. The second-order valence-corrected chi connectivity index (χ2v) is 8.20. The number of benzene rings is 3. The lowest BCUT2D eigenvalue weighted by Crippen LogP contribution is -2.43. The molecule has 0 aliphatic carbocycles. The van der Waals surface area contributed by atoms with Gasteiger partial charge in [0.15, 0.2) is 5.78 Å². The van der Waals surface area contributed by atoms with Gasteiger partial charge in [-0.3, -0.25) is 9.79 Å². The van der Waals surface area contributed by atoms with Gasteiger partial charge in [-0.2, -0.15) is 10.5 Å². The lowest BCUT2D eigenvalue weighted by atomic mass is 9.94. The van der Waals surface area contributed by atoms with Crippen LogP contribution < -0.4 is 15.5 Å². The van der Waals surface area contributed by atoms with Crippen molar-refractivity contribution < 1.29 is 4.79 Å². The highest BCUT2D eigenvalue weighted by molar-refractivity contribution is 5.96. The largest absolute Gasteiger partial charge is 0.338 e. The first-order chi connectivity index (χ1) is 15.4. The topological polar surface area (TPSA) is 80.2 Å². The van der Waals surface area contributed by atoms with E-state index in [1.165, 1.54) is 0 Å². The number of anilines is 1. The summed E-state index contributed by atoms with van der Waals surface area (Å²) >= 11 is 0. The highest BCUT2D eigenvalue weighted by Crippen LogP contribution is 2.38. The van der Waals surface area contributed by atoms with Crippen LogP contribution in [-0.4, -0.2) is 11.4 Å². The van der Waals surface area contributed by atoms with E-state index in [1.807, 2.05) is 98.8 Å². The average molecular weight is 419 g/mol. The number of rotatable bonds is 5. The Hall–Kier alpha value is -4.22. The van der Waals surface area contributed by atoms with Crippen molar-refractivity contribution in [3.63, 3.8) is 0 Å². The Bertz CT molecular complexity index is 1350. The van der Waals surface area contributed by atoms with Crippen molar-refractivity contribution in [2.75, 3.05) is 4.90 Å². The first-order valence-corrected chi connectivity index (χ1v) is 10.4. The number of carbonyl (C=O) groups is 1. The molecule has 0 spiro atoms. The molecule has 32 heavy (non-hydrogen) atoms. The molecule has 0 saturated carbocycles. The van der Waals surface area contributed by atoms with Crippen molar-refractivity contribution in [1.82, 2.24) is 0 Å². The molecule has 3 aromatic rings. The van der Waals surface area contributed by atoms with Crippen molar-refractivity contribution in [2.45, 2.75) is 32.0 Å². The number of nitrogens with zero attached hydrogens (tertiary/aromatic N) is 4. The van der Waals surface area contributed by atoms with E-state index in [4.69, 9.17) is 4.99 Å². The molecule has 5 nitrogen and oxygen atoms in total. The van der Waals surface area contributed by atoms with Gasteiger partial charge >= 0.3 is 0 Å². The maximum Gasteiger partial charge on any atom is 0.165 e. The third-order valence-electron chi connectivity index (χ3n) is 5.70. The lowest BCUT2D eigenvalue weighted by molar-refractivity contribution is 0.0970. The van der Waals surface area contributed by atoms with Crippen LogP contribution in [0.3, 0.4) is 0 Å². The maximum atomic E-state index is 13.2. The fourth-order valence-electron chi connectivity index (χ4n) is 4.26. The zero-order chi connectivity index (χ0) is 22.7.